The third-order valence-electron chi connectivity index (χ3n) is 11.1. The van der Waals surface area contributed by atoms with Crippen LogP contribution in [0.15, 0.2) is 97.1 Å². The monoisotopic (exact) mass is 614 g/mol. The smallest absolute Gasteiger partial charge is 0.0314 e. The van der Waals surface area contributed by atoms with Gasteiger partial charge in [-0.25, -0.2) is 0 Å². The van der Waals surface area contributed by atoms with Gasteiger partial charge >= 0.3 is 0 Å². The zero-order valence-electron chi connectivity index (χ0n) is 28.8. The Balaban J connectivity index is 1.46. The van der Waals surface area contributed by atoms with Crippen molar-refractivity contribution >= 4 is 11.4 Å². The van der Waals surface area contributed by atoms with Crippen LogP contribution in [0.5, 0.6) is 0 Å². The lowest BCUT2D eigenvalue weighted by Gasteiger charge is -2.41. The first kappa shape index (κ1) is 33.8. The topological polar surface area (TPSA) is 52.0 Å². The minimum atomic E-state index is 0.0700. The molecule has 4 aromatic carbocycles. The van der Waals surface area contributed by atoms with Crippen LogP contribution >= 0.6 is 0 Å². The standard InChI is InChI=1S/C44H58N2/c1-4-7-9-11-42(36-17-25-40(45)26-18-36)34-13-21-38(22-14-34)44(31-29-33(6-3)30-32-44)39-23-15-35(16-24-39)43(12-10-8-5-2)37-19-27-41(46)28-20-37/h13-28,33,42-43H,4-12,29-32,45-46H2,1-3H3. The average molecular weight is 615 g/mol. The lowest BCUT2D eigenvalue weighted by Crippen LogP contribution is -2.33. The molecule has 1 saturated carbocycles. The van der Waals surface area contributed by atoms with Crippen molar-refractivity contribution in [2.45, 2.75) is 121 Å². The van der Waals surface area contributed by atoms with E-state index in [0.29, 0.717) is 11.8 Å². The molecule has 0 amide bonds. The summed E-state index contributed by atoms with van der Waals surface area (Å²) in [5.41, 5.74) is 22.4. The maximum absolute atomic E-state index is 6.06. The lowest BCUT2D eigenvalue weighted by atomic mass is 9.62. The van der Waals surface area contributed by atoms with Crippen molar-refractivity contribution in [3.05, 3.63) is 130 Å². The maximum atomic E-state index is 6.06. The zero-order chi connectivity index (χ0) is 32.4. The van der Waals surface area contributed by atoms with Crippen molar-refractivity contribution in [2.24, 2.45) is 5.92 Å². The predicted molar refractivity (Wildman–Crippen MR) is 200 cm³/mol. The van der Waals surface area contributed by atoms with Crippen LogP contribution in [0.2, 0.25) is 0 Å². The molecule has 4 aromatic rings. The van der Waals surface area contributed by atoms with Gasteiger partial charge in [-0.05, 0) is 102 Å². The molecule has 0 spiro atoms. The summed E-state index contributed by atoms with van der Waals surface area (Å²) >= 11 is 0. The van der Waals surface area contributed by atoms with Crippen LogP contribution in [0.4, 0.5) is 11.4 Å². The summed E-state index contributed by atoms with van der Waals surface area (Å²) in [6.45, 7) is 6.95. The summed E-state index contributed by atoms with van der Waals surface area (Å²) in [5, 5.41) is 0. The van der Waals surface area contributed by atoms with Crippen molar-refractivity contribution < 1.29 is 0 Å². The van der Waals surface area contributed by atoms with E-state index < -0.39 is 0 Å². The molecular weight excluding hydrogens is 556 g/mol. The van der Waals surface area contributed by atoms with Gasteiger partial charge in [0.25, 0.3) is 0 Å². The molecule has 1 aliphatic rings. The highest BCUT2D eigenvalue weighted by Gasteiger charge is 2.38. The largest absolute Gasteiger partial charge is 0.399 e. The molecule has 2 heteroatoms. The fourth-order valence-electron chi connectivity index (χ4n) is 8.10. The number of unbranched alkanes of at least 4 members (excludes halogenated alkanes) is 4. The number of nitrogen functional groups attached to an aromatic ring is 2. The molecular formula is C44H58N2. The van der Waals surface area contributed by atoms with Gasteiger partial charge in [-0.2, -0.15) is 0 Å². The van der Waals surface area contributed by atoms with E-state index in [-0.39, 0.29) is 5.41 Å². The molecule has 1 aliphatic carbocycles. The molecule has 0 saturated heterocycles. The molecule has 2 nitrogen and oxygen atoms in total. The number of hydrogen-bond donors (Lipinski definition) is 2. The Labute approximate surface area is 280 Å². The van der Waals surface area contributed by atoms with Gasteiger partial charge in [0.05, 0.1) is 0 Å². The third kappa shape index (κ3) is 8.06. The Morgan fingerprint density at radius 2 is 0.870 bits per heavy atom. The second-order valence-corrected chi connectivity index (χ2v) is 14.1. The molecule has 0 aromatic heterocycles. The van der Waals surface area contributed by atoms with E-state index in [2.05, 4.69) is 118 Å². The van der Waals surface area contributed by atoms with Crippen LogP contribution in [0.25, 0.3) is 0 Å². The number of anilines is 2. The van der Waals surface area contributed by atoms with Crippen molar-refractivity contribution in [3.63, 3.8) is 0 Å². The van der Waals surface area contributed by atoms with E-state index in [4.69, 9.17) is 11.5 Å². The summed E-state index contributed by atoms with van der Waals surface area (Å²) in [5.74, 6) is 1.66. The van der Waals surface area contributed by atoms with Crippen molar-refractivity contribution in [1.29, 1.82) is 0 Å². The van der Waals surface area contributed by atoms with Crippen LogP contribution in [-0.2, 0) is 5.41 Å². The predicted octanol–water partition coefficient (Wildman–Crippen LogP) is 12.2. The molecule has 2 unspecified atom stereocenters. The van der Waals surface area contributed by atoms with Gasteiger partial charge in [-0.1, -0.05) is 139 Å². The molecule has 0 bridgehead atoms. The first-order valence-corrected chi connectivity index (χ1v) is 18.4. The highest BCUT2D eigenvalue weighted by Crippen LogP contribution is 2.48. The second-order valence-electron chi connectivity index (χ2n) is 14.1. The van der Waals surface area contributed by atoms with Gasteiger partial charge in [0.1, 0.15) is 0 Å². The Morgan fingerprint density at radius 1 is 0.522 bits per heavy atom. The van der Waals surface area contributed by atoms with Crippen molar-refractivity contribution in [1.82, 2.24) is 0 Å². The normalized spacial score (nSPS) is 19.5. The first-order chi connectivity index (χ1) is 22.5. The summed E-state index contributed by atoms with van der Waals surface area (Å²) in [4.78, 5) is 0. The SMILES string of the molecule is CCCCCC(c1ccc(N)cc1)c1ccc(C2(c3ccc(C(CCCCC)c4ccc(N)cc4)cc3)CCC(CC)CC2)cc1. The summed E-state index contributed by atoms with van der Waals surface area (Å²) in [6.07, 6.45) is 16.2. The quantitative estimate of drug-likeness (QED) is 0.103. The Bertz CT molecular complexity index is 1340. The van der Waals surface area contributed by atoms with Crippen LogP contribution in [0.1, 0.15) is 149 Å². The van der Waals surface area contributed by atoms with Gasteiger partial charge in [-0.15, -0.1) is 0 Å². The van der Waals surface area contributed by atoms with Crippen molar-refractivity contribution in [2.75, 3.05) is 11.5 Å². The van der Waals surface area contributed by atoms with Gasteiger partial charge in [0.15, 0.2) is 0 Å². The van der Waals surface area contributed by atoms with E-state index in [1.165, 1.54) is 117 Å². The van der Waals surface area contributed by atoms with E-state index in [1.54, 1.807) is 0 Å². The fraction of sp³-hybridized carbons (Fsp3) is 0.455. The van der Waals surface area contributed by atoms with Crippen LogP contribution in [-0.4, -0.2) is 0 Å². The molecule has 2 atom stereocenters. The molecule has 0 radical (unpaired) electrons. The molecule has 0 heterocycles. The van der Waals surface area contributed by atoms with Gasteiger partial charge in [-0.3, -0.25) is 0 Å². The zero-order valence-corrected chi connectivity index (χ0v) is 28.8. The van der Waals surface area contributed by atoms with E-state index >= 15 is 0 Å². The Morgan fingerprint density at radius 3 is 1.20 bits per heavy atom. The maximum Gasteiger partial charge on any atom is 0.0314 e. The first-order valence-electron chi connectivity index (χ1n) is 18.4. The number of nitrogens with two attached hydrogens (primary N) is 2. The number of rotatable bonds is 15. The van der Waals surface area contributed by atoms with Gasteiger partial charge in [0, 0.05) is 28.6 Å². The molecule has 46 heavy (non-hydrogen) atoms. The lowest BCUT2D eigenvalue weighted by molar-refractivity contribution is 0.260. The molecule has 0 aliphatic heterocycles. The van der Waals surface area contributed by atoms with Crippen LogP contribution in [0.3, 0.4) is 0 Å². The summed E-state index contributed by atoms with van der Waals surface area (Å²) in [6, 6.07) is 36.8. The van der Waals surface area contributed by atoms with Crippen molar-refractivity contribution in [3.8, 4) is 0 Å². The minimum absolute atomic E-state index is 0.0700. The van der Waals surface area contributed by atoms with Gasteiger partial charge in [0.2, 0.25) is 0 Å². The highest BCUT2D eigenvalue weighted by molar-refractivity contribution is 5.47. The summed E-state index contributed by atoms with van der Waals surface area (Å²) in [7, 11) is 0. The molecule has 5 rings (SSSR count). The Kier molecular flexibility index (Phi) is 12.0. The second kappa shape index (κ2) is 16.3. The summed E-state index contributed by atoms with van der Waals surface area (Å²) < 4.78 is 0. The number of hydrogen-bond acceptors (Lipinski definition) is 2. The minimum Gasteiger partial charge on any atom is -0.399 e. The molecule has 1 fully saturated rings. The molecule has 244 valence electrons. The van der Waals surface area contributed by atoms with E-state index in [0.717, 1.165) is 17.3 Å². The fourth-order valence-corrected chi connectivity index (χ4v) is 8.10. The third-order valence-corrected chi connectivity index (χ3v) is 11.1. The molecule has 4 N–H and O–H groups in total. The van der Waals surface area contributed by atoms with E-state index in [9.17, 15) is 0 Å². The Hall–Kier alpha value is -3.52. The number of benzene rings is 4. The highest BCUT2D eigenvalue weighted by atomic mass is 14.5. The average Bonchev–Trinajstić information content (AvgIpc) is 3.10. The van der Waals surface area contributed by atoms with Gasteiger partial charge < -0.3 is 11.5 Å². The van der Waals surface area contributed by atoms with Crippen LogP contribution < -0.4 is 11.5 Å². The van der Waals surface area contributed by atoms with Crippen LogP contribution in [0, 0.1) is 5.92 Å². The van der Waals surface area contributed by atoms with E-state index in [1.807, 2.05) is 0 Å².